The van der Waals surface area contributed by atoms with Gasteiger partial charge in [0.15, 0.2) is 15.8 Å². The summed E-state index contributed by atoms with van der Waals surface area (Å²) in [5.41, 5.74) is 3.25. The Balaban J connectivity index is 1.85. The second-order valence-corrected chi connectivity index (χ2v) is 7.87. The first-order chi connectivity index (χ1) is 13.0. The van der Waals surface area contributed by atoms with Crippen molar-refractivity contribution >= 4 is 57.5 Å². The van der Waals surface area contributed by atoms with Gasteiger partial charge in [0.25, 0.3) is 11.8 Å². The van der Waals surface area contributed by atoms with E-state index in [0.29, 0.717) is 33.5 Å². The van der Waals surface area contributed by atoms with Gasteiger partial charge < -0.3 is 9.47 Å². The van der Waals surface area contributed by atoms with Crippen molar-refractivity contribution < 1.29 is 19.1 Å². The maximum atomic E-state index is 12.7. The van der Waals surface area contributed by atoms with Crippen molar-refractivity contribution in [2.75, 3.05) is 13.7 Å². The minimum absolute atomic E-state index is 0.261. The van der Waals surface area contributed by atoms with Crippen LogP contribution in [0.5, 0.6) is 11.5 Å². The highest BCUT2D eigenvalue weighted by molar-refractivity contribution is 8.26. The Morgan fingerprint density at radius 2 is 2.15 bits per heavy atom. The number of thiocarbonyl (C=S) groups is 1. The average molecular weight is 421 g/mol. The zero-order chi connectivity index (χ0) is 19.4. The molecule has 3 rings (SSSR count). The fourth-order valence-corrected chi connectivity index (χ4v) is 4.16. The number of para-hydroxylation sites is 1. The lowest BCUT2D eigenvalue weighted by molar-refractivity contribution is -0.123. The quantitative estimate of drug-likeness (QED) is 0.568. The van der Waals surface area contributed by atoms with Crippen LogP contribution in [-0.4, -0.2) is 34.9 Å². The predicted molar refractivity (Wildman–Crippen MR) is 111 cm³/mol. The molecule has 2 amide bonds. The monoisotopic (exact) mass is 420 g/mol. The second kappa shape index (κ2) is 8.55. The fourth-order valence-electron chi connectivity index (χ4n) is 2.38. The summed E-state index contributed by atoms with van der Waals surface area (Å²) in [5, 5.41) is 2.88. The molecule has 0 unspecified atom stereocenters. The first kappa shape index (κ1) is 19.4. The number of amides is 2. The van der Waals surface area contributed by atoms with E-state index in [1.807, 2.05) is 19.1 Å². The number of thioether (sulfide) groups is 1. The number of nitrogens with one attached hydrogen (secondary N) is 1. The summed E-state index contributed by atoms with van der Waals surface area (Å²) in [6, 6.07) is 8.87. The molecule has 1 saturated heterocycles. The molecule has 6 nitrogen and oxygen atoms in total. The highest BCUT2D eigenvalue weighted by Crippen LogP contribution is 2.37. The molecule has 0 atom stereocenters. The molecule has 1 aliphatic rings. The van der Waals surface area contributed by atoms with Crippen LogP contribution in [0.15, 0.2) is 40.6 Å². The van der Waals surface area contributed by atoms with E-state index < -0.39 is 0 Å². The van der Waals surface area contributed by atoms with E-state index in [-0.39, 0.29) is 16.1 Å². The SMILES string of the molecule is CCOc1c(/C=C2/SC(=S)N(NC(=O)c3cccs3)C2=O)cccc1OC. The standard InChI is InChI=1S/C18H16N2O4S3/c1-3-24-15-11(6-4-7-12(15)23-2)10-14-17(22)20(18(25)27-14)19-16(21)13-8-5-9-26-13/h4-10H,3H2,1-2H3,(H,19,21)/b14-10+. The van der Waals surface area contributed by atoms with E-state index in [9.17, 15) is 9.59 Å². The van der Waals surface area contributed by atoms with Gasteiger partial charge in [0.1, 0.15) is 0 Å². The summed E-state index contributed by atoms with van der Waals surface area (Å²) in [6.07, 6.45) is 1.68. The number of hydrazine groups is 1. The van der Waals surface area contributed by atoms with E-state index in [4.69, 9.17) is 21.7 Å². The third-order valence-corrected chi connectivity index (χ3v) is 5.73. The number of thiophene rings is 1. The number of hydrogen-bond donors (Lipinski definition) is 1. The lowest BCUT2D eigenvalue weighted by Crippen LogP contribution is -2.44. The summed E-state index contributed by atoms with van der Waals surface area (Å²) in [7, 11) is 1.56. The number of hydrogen-bond acceptors (Lipinski definition) is 7. The molecule has 1 N–H and O–H groups in total. The molecule has 1 aliphatic heterocycles. The second-order valence-electron chi connectivity index (χ2n) is 5.25. The normalized spacial score (nSPS) is 15.3. The van der Waals surface area contributed by atoms with Crippen LogP contribution < -0.4 is 14.9 Å². The van der Waals surface area contributed by atoms with Gasteiger partial charge in [-0.1, -0.05) is 30.0 Å². The van der Waals surface area contributed by atoms with Crippen LogP contribution >= 0.6 is 35.3 Å². The Bertz CT molecular complexity index is 909. The van der Waals surface area contributed by atoms with Crippen molar-refractivity contribution in [1.82, 2.24) is 10.4 Å². The summed E-state index contributed by atoms with van der Waals surface area (Å²) in [6.45, 7) is 2.33. The number of methoxy groups -OCH3 is 1. The Morgan fingerprint density at radius 3 is 2.81 bits per heavy atom. The van der Waals surface area contributed by atoms with Gasteiger partial charge in [-0.05, 0) is 42.7 Å². The molecule has 0 aliphatic carbocycles. The van der Waals surface area contributed by atoms with Crippen molar-refractivity contribution in [3.05, 3.63) is 51.1 Å². The van der Waals surface area contributed by atoms with Gasteiger partial charge in [-0.15, -0.1) is 11.3 Å². The van der Waals surface area contributed by atoms with Crippen LogP contribution in [0.3, 0.4) is 0 Å². The Morgan fingerprint density at radius 1 is 1.33 bits per heavy atom. The number of benzene rings is 1. The third kappa shape index (κ3) is 4.15. The summed E-state index contributed by atoms with van der Waals surface area (Å²) < 4.78 is 11.3. The van der Waals surface area contributed by atoms with Gasteiger partial charge in [0.05, 0.1) is 23.5 Å². The predicted octanol–water partition coefficient (Wildman–Crippen LogP) is 3.70. The largest absolute Gasteiger partial charge is 0.493 e. The zero-order valence-electron chi connectivity index (χ0n) is 14.6. The van der Waals surface area contributed by atoms with Crippen LogP contribution in [-0.2, 0) is 4.79 Å². The van der Waals surface area contributed by atoms with Gasteiger partial charge in [-0.2, -0.15) is 5.01 Å². The van der Waals surface area contributed by atoms with E-state index >= 15 is 0 Å². The maximum absolute atomic E-state index is 12.7. The van der Waals surface area contributed by atoms with Gasteiger partial charge in [-0.3, -0.25) is 15.0 Å². The number of ether oxygens (including phenoxy) is 2. The van der Waals surface area contributed by atoms with Crippen molar-refractivity contribution in [2.24, 2.45) is 0 Å². The molecule has 0 spiro atoms. The van der Waals surface area contributed by atoms with Crippen molar-refractivity contribution in [2.45, 2.75) is 6.92 Å². The molecule has 9 heteroatoms. The molecule has 2 aromatic rings. The molecule has 140 valence electrons. The lowest BCUT2D eigenvalue weighted by Gasteiger charge is -2.15. The number of carbonyl (C=O) groups is 2. The molecule has 2 heterocycles. The van der Waals surface area contributed by atoms with E-state index in [0.717, 1.165) is 16.8 Å². The first-order valence-electron chi connectivity index (χ1n) is 7.97. The summed E-state index contributed by atoms with van der Waals surface area (Å²) in [5.74, 6) is 0.363. The third-order valence-electron chi connectivity index (χ3n) is 3.56. The zero-order valence-corrected chi connectivity index (χ0v) is 17.0. The first-order valence-corrected chi connectivity index (χ1v) is 10.1. The molecule has 0 bridgehead atoms. The van der Waals surface area contributed by atoms with Gasteiger partial charge in [0, 0.05) is 5.56 Å². The maximum Gasteiger partial charge on any atom is 0.285 e. The minimum Gasteiger partial charge on any atom is -0.493 e. The van der Waals surface area contributed by atoms with Gasteiger partial charge in [0.2, 0.25) is 0 Å². The van der Waals surface area contributed by atoms with E-state index in [2.05, 4.69) is 5.43 Å². The molecule has 27 heavy (non-hydrogen) atoms. The lowest BCUT2D eigenvalue weighted by atomic mass is 10.1. The van der Waals surface area contributed by atoms with Crippen LogP contribution in [0.4, 0.5) is 0 Å². The Hall–Kier alpha value is -2.36. The van der Waals surface area contributed by atoms with Crippen LogP contribution in [0.1, 0.15) is 22.2 Å². The fraction of sp³-hybridized carbons (Fsp3) is 0.167. The van der Waals surface area contributed by atoms with Crippen molar-refractivity contribution in [3.63, 3.8) is 0 Å². The molecule has 0 radical (unpaired) electrons. The van der Waals surface area contributed by atoms with Gasteiger partial charge >= 0.3 is 0 Å². The average Bonchev–Trinajstić information content (AvgIpc) is 3.28. The molecule has 1 aromatic heterocycles. The van der Waals surface area contributed by atoms with Crippen molar-refractivity contribution in [1.29, 1.82) is 0 Å². The van der Waals surface area contributed by atoms with E-state index in [1.165, 1.54) is 11.3 Å². The number of rotatable bonds is 6. The minimum atomic E-state index is -0.389. The van der Waals surface area contributed by atoms with E-state index in [1.54, 1.807) is 36.8 Å². The Labute approximate surface area is 170 Å². The molecular formula is C18H16N2O4S3. The van der Waals surface area contributed by atoms with Crippen molar-refractivity contribution in [3.8, 4) is 11.5 Å². The number of carbonyl (C=O) groups excluding carboxylic acids is 2. The highest BCUT2D eigenvalue weighted by Gasteiger charge is 2.34. The molecule has 1 fully saturated rings. The highest BCUT2D eigenvalue weighted by atomic mass is 32.2. The molecule has 0 saturated carbocycles. The van der Waals surface area contributed by atoms with Crippen LogP contribution in [0.25, 0.3) is 6.08 Å². The van der Waals surface area contributed by atoms with Crippen LogP contribution in [0.2, 0.25) is 0 Å². The topological polar surface area (TPSA) is 67.9 Å². The molecule has 1 aromatic carbocycles. The summed E-state index contributed by atoms with van der Waals surface area (Å²) >= 11 is 7.66. The number of nitrogens with zero attached hydrogens (tertiary/aromatic N) is 1. The van der Waals surface area contributed by atoms with Crippen LogP contribution in [0, 0.1) is 0 Å². The smallest absolute Gasteiger partial charge is 0.285 e. The molecular weight excluding hydrogens is 404 g/mol. The summed E-state index contributed by atoms with van der Waals surface area (Å²) in [4.78, 5) is 25.8. The Kier molecular flexibility index (Phi) is 6.15. The van der Waals surface area contributed by atoms with Gasteiger partial charge in [-0.25, -0.2) is 0 Å².